The molecule has 120 valence electrons. The number of carbonyl (C=O) groups is 1. The van der Waals surface area contributed by atoms with Gasteiger partial charge in [0.1, 0.15) is 5.52 Å². The van der Waals surface area contributed by atoms with Crippen molar-refractivity contribution in [3.05, 3.63) is 53.9 Å². The highest BCUT2D eigenvalue weighted by atomic mass is 16.7. The van der Waals surface area contributed by atoms with Gasteiger partial charge < -0.3 is 19.2 Å². The lowest BCUT2D eigenvalue weighted by atomic mass is 10.2. The maximum absolute atomic E-state index is 12.1. The van der Waals surface area contributed by atoms with Gasteiger partial charge in [0.15, 0.2) is 23.0 Å². The molecule has 2 heterocycles. The summed E-state index contributed by atoms with van der Waals surface area (Å²) in [4.78, 5) is 16.3. The van der Waals surface area contributed by atoms with Crippen LogP contribution in [0, 0.1) is 6.92 Å². The normalized spacial score (nSPS) is 12.9. The third-order valence-electron chi connectivity index (χ3n) is 3.59. The zero-order valence-electron chi connectivity index (χ0n) is 12.9. The summed E-state index contributed by atoms with van der Waals surface area (Å²) in [6, 6.07) is 10.8. The largest absolute Gasteiger partial charge is 0.454 e. The van der Waals surface area contributed by atoms with E-state index in [-0.39, 0.29) is 12.7 Å². The van der Waals surface area contributed by atoms with E-state index < -0.39 is 0 Å². The van der Waals surface area contributed by atoms with Gasteiger partial charge in [-0.2, -0.15) is 0 Å². The molecule has 0 saturated heterocycles. The predicted molar refractivity (Wildman–Crippen MR) is 89.0 cm³/mol. The number of ether oxygens (including phenoxy) is 2. The molecule has 0 aliphatic carbocycles. The molecule has 6 nitrogen and oxygen atoms in total. The molecule has 6 heteroatoms. The third kappa shape index (κ3) is 2.81. The second kappa shape index (κ2) is 5.73. The molecule has 1 aliphatic heterocycles. The van der Waals surface area contributed by atoms with Crippen LogP contribution in [-0.4, -0.2) is 17.7 Å². The Morgan fingerprint density at radius 3 is 2.96 bits per heavy atom. The van der Waals surface area contributed by atoms with Crippen molar-refractivity contribution in [2.75, 3.05) is 12.1 Å². The van der Waals surface area contributed by atoms with E-state index in [0.717, 1.165) is 5.56 Å². The number of hydrogen-bond acceptors (Lipinski definition) is 5. The number of benzene rings is 2. The van der Waals surface area contributed by atoms with Crippen molar-refractivity contribution < 1.29 is 18.7 Å². The number of aryl methyl sites for hydroxylation is 1. The van der Waals surface area contributed by atoms with Crippen LogP contribution in [0.4, 0.5) is 5.69 Å². The van der Waals surface area contributed by atoms with Crippen LogP contribution in [0.2, 0.25) is 0 Å². The number of amides is 1. The van der Waals surface area contributed by atoms with E-state index in [1.54, 1.807) is 31.2 Å². The van der Waals surface area contributed by atoms with Gasteiger partial charge >= 0.3 is 0 Å². The van der Waals surface area contributed by atoms with Crippen molar-refractivity contribution in [2.24, 2.45) is 0 Å². The summed E-state index contributed by atoms with van der Waals surface area (Å²) in [6.07, 6.45) is 3.19. The average Bonchev–Trinajstić information content (AvgIpc) is 3.17. The van der Waals surface area contributed by atoms with Crippen LogP contribution >= 0.6 is 0 Å². The fraction of sp³-hybridized carbons (Fsp3) is 0.111. The summed E-state index contributed by atoms with van der Waals surface area (Å²) in [6.45, 7) is 2.01. The molecular weight excluding hydrogens is 308 g/mol. The smallest absolute Gasteiger partial charge is 0.248 e. The maximum atomic E-state index is 12.1. The van der Waals surface area contributed by atoms with Gasteiger partial charge in [-0.1, -0.05) is 6.07 Å². The highest BCUT2D eigenvalue weighted by Gasteiger charge is 2.12. The molecule has 1 amide bonds. The van der Waals surface area contributed by atoms with Crippen LogP contribution in [0.15, 0.2) is 46.9 Å². The maximum Gasteiger partial charge on any atom is 0.248 e. The summed E-state index contributed by atoms with van der Waals surface area (Å²) in [5, 5.41) is 2.80. The Hall–Kier alpha value is -3.28. The Bertz CT molecular complexity index is 959. The third-order valence-corrected chi connectivity index (χ3v) is 3.59. The van der Waals surface area contributed by atoms with Crippen LogP contribution in [0.5, 0.6) is 11.5 Å². The molecule has 1 aliphatic rings. The van der Waals surface area contributed by atoms with E-state index in [9.17, 15) is 4.79 Å². The molecular formula is C18H14N2O4. The number of fused-ring (bicyclic) bond motifs is 2. The van der Waals surface area contributed by atoms with E-state index in [1.807, 2.05) is 18.2 Å². The summed E-state index contributed by atoms with van der Waals surface area (Å²) >= 11 is 0. The second-order valence-electron chi connectivity index (χ2n) is 5.35. The summed E-state index contributed by atoms with van der Waals surface area (Å²) < 4.78 is 16.0. The van der Waals surface area contributed by atoms with E-state index in [4.69, 9.17) is 13.9 Å². The highest BCUT2D eigenvalue weighted by molar-refractivity contribution is 6.02. The van der Waals surface area contributed by atoms with E-state index in [2.05, 4.69) is 10.3 Å². The van der Waals surface area contributed by atoms with Crippen LogP contribution < -0.4 is 14.8 Å². The Kier molecular flexibility index (Phi) is 3.42. The number of nitrogens with zero attached hydrogens (tertiary/aromatic N) is 1. The number of nitrogens with one attached hydrogen (secondary N) is 1. The summed E-state index contributed by atoms with van der Waals surface area (Å²) in [5.74, 6) is 1.76. The quantitative estimate of drug-likeness (QED) is 0.747. The SMILES string of the molecule is Cc1nc2cc(NC(=O)C=Cc3ccc4c(c3)OCO4)ccc2o1. The molecule has 0 saturated carbocycles. The minimum atomic E-state index is -0.229. The molecule has 1 N–H and O–H groups in total. The van der Waals surface area contributed by atoms with Gasteiger partial charge in [0.05, 0.1) is 0 Å². The molecule has 0 atom stereocenters. The van der Waals surface area contributed by atoms with Gasteiger partial charge in [-0.05, 0) is 42.0 Å². The first kappa shape index (κ1) is 14.3. The Labute approximate surface area is 137 Å². The van der Waals surface area contributed by atoms with Gasteiger partial charge in [-0.25, -0.2) is 4.98 Å². The van der Waals surface area contributed by atoms with Crippen LogP contribution in [0.3, 0.4) is 0 Å². The molecule has 0 bridgehead atoms. The molecule has 2 aromatic carbocycles. The number of aromatic nitrogens is 1. The Balaban J connectivity index is 1.47. The monoisotopic (exact) mass is 322 g/mol. The molecule has 1 aromatic heterocycles. The van der Waals surface area contributed by atoms with Gasteiger partial charge in [0.25, 0.3) is 0 Å². The van der Waals surface area contributed by atoms with Crippen LogP contribution in [-0.2, 0) is 4.79 Å². The molecule has 4 rings (SSSR count). The fourth-order valence-corrected chi connectivity index (χ4v) is 2.49. The second-order valence-corrected chi connectivity index (χ2v) is 5.35. The topological polar surface area (TPSA) is 73.6 Å². The Morgan fingerprint density at radius 1 is 1.17 bits per heavy atom. The van der Waals surface area contributed by atoms with Crippen molar-refractivity contribution in [1.29, 1.82) is 0 Å². The van der Waals surface area contributed by atoms with Crippen molar-refractivity contribution >= 4 is 28.8 Å². The standard InChI is InChI=1S/C18H14N2O4/c1-11-19-14-9-13(4-6-15(14)24-11)20-18(21)7-3-12-2-5-16-17(8-12)23-10-22-16/h2-9H,10H2,1H3,(H,20,21). The van der Waals surface area contributed by atoms with Crippen LogP contribution in [0.1, 0.15) is 11.5 Å². The first-order chi connectivity index (χ1) is 11.7. The van der Waals surface area contributed by atoms with Gasteiger partial charge in [-0.3, -0.25) is 4.79 Å². The number of oxazole rings is 1. The molecule has 0 fully saturated rings. The minimum Gasteiger partial charge on any atom is -0.454 e. The van der Waals surface area contributed by atoms with E-state index in [1.165, 1.54) is 6.08 Å². The summed E-state index contributed by atoms with van der Waals surface area (Å²) in [7, 11) is 0. The zero-order valence-corrected chi connectivity index (χ0v) is 12.9. The number of rotatable bonds is 3. The van der Waals surface area contributed by atoms with Crippen molar-refractivity contribution in [2.45, 2.75) is 6.92 Å². The lowest BCUT2D eigenvalue weighted by molar-refractivity contribution is -0.111. The lowest BCUT2D eigenvalue weighted by Gasteiger charge is -2.01. The minimum absolute atomic E-state index is 0.229. The van der Waals surface area contributed by atoms with E-state index >= 15 is 0 Å². The highest BCUT2D eigenvalue weighted by Crippen LogP contribution is 2.32. The summed E-state index contributed by atoms with van der Waals surface area (Å²) in [5.41, 5.74) is 2.93. The predicted octanol–water partition coefficient (Wildman–Crippen LogP) is 3.52. The molecule has 3 aromatic rings. The molecule has 0 spiro atoms. The van der Waals surface area contributed by atoms with Gasteiger partial charge in [0, 0.05) is 18.7 Å². The number of carbonyl (C=O) groups excluding carboxylic acids is 1. The molecule has 0 radical (unpaired) electrons. The van der Waals surface area contributed by atoms with Crippen molar-refractivity contribution in [1.82, 2.24) is 4.98 Å². The number of anilines is 1. The van der Waals surface area contributed by atoms with Crippen molar-refractivity contribution in [3.8, 4) is 11.5 Å². The van der Waals surface area contributed by atoms with Gasteiger partial charge in [0.2, 0.25) is 12.7 Å². The first-order valence-corrected chi connectivity index (χ1v) is 7.43. The first-order valence-electron chi connectivity index (χ1n) is 7.43. The Morgan fingerprint density at radius 2 is 2.04 bits per heavy atom. The van der Waals surface area contributed by atoms with Crippen molar-refractivity contribution in [3.63, 3.8) is 0 Å². The zero-order chi connectivity index (χ0) is 16.5. The van der Waals surface area contributed by atoms with E-state index in [0.29, 0.717) is 34.2 Å². The molecule has 24 heavy (non-hydrogen) atoms. The average molecular weight is 322 g/mol. The van der Waals surface area contributed by atoms with Crippen LogP contribution in [0.25, 0.3) is 17.2 Å². The lowest BCUT2D eigenvalue weighted by Crippen LogP contribution is -2.07. The fourth-order valence-electron chi connectivity index (χ4n) is 2.49. The molecule has 0 unspecified atom stereocenters. The van der Waals surface area contributed by atoms with Gasteiger partial charge in [-0.15, -0.1) is 0 Å². The number of hydrogen-bond donors (Lipinski definition) is 1.